The molecule has 2 heterocycles. The number of benzene rings is 1. The lowest BCUT2D eigenvalue weighted by molar-refractivity contribution is -0.132. The third kappa shape index (κ3) is 3.75. The number of carbonyl (C=O) groups excluding carboxylic acids is 2. The fraction of sp³-hybridized carbons (Fsp3) is 0.556. The number of ether oxygens (including phenoxy) is 1. The van der Waals surface area contributed by atoms with E-state index in [1.54, 1.807) is 18.0 Å². The Morgan fingerprint density at radius 3 is 3.00 bits per heavy atom. The summed E-state index contributed by atoms with van der Waals surface area (Å²) in [6, 6.07) is 6.37. The molecule has 2 aliphatic heterocycles. The molecule has 1 spiro atoms. The predicted molar refractivity (Wildman–Crippen MR) is 86.8 cm³/mol. The highest BCUT2D eigenvalue weighted by molar-refractivity contribution is 5.78. The van der Waals surface area contributed by atoms with Gasteiger partial charge >= 0.3 is 0 Å². The maximum Gasteiger partial charge on any atom is 0.248 e. The van der Waals surface area contributed by atoms with Crippen molar-refractivity contribution >= 4 is 11.8 Å². The number of amides is 2. The molecule has 2 fully saturated rings. The summed E-state index contributed by atoms with van der Waals surface area (Å²) >= 11 is 0. The predicted octanol–water partition coefficient (Wildman–Crippen LogP) is 1.47. The van der Waals surface area contributed by atoms with E-state index in [1.807, 2.05) is 11.0 Å². The molecule has 0 radical (unpaired) electrons. The molecule has 3 rings (SSSR count). The van der Waals surface area contributed by atoms with E-state index in [9.17, 15) is 14.0 Å². The number of nitrogens with zero attached hydrogens (tertiary/aromatic N) is 2. The van der Waals surface area contributed by atoms with E-state index in [2.05, 4.69) is 0 Å². The van der Waals surface area contributed by atoms with Crippen molar-refractivity contribution in [1.29, 1.82) is 0 Å². The third-order valence-electron chi connectivity index (χ3n) is 4.94. The Bertz CT molecular complexity index is 636. The Morgan fingerprint density at radius 1 is 1.38 bits per heavy atom. The van der Waals surface area contributed by atoms with Crippen LogP contribution in [-0.2, 0) is 20.7 Å². The monoisotopic (exact) mass is 334 g/mol. The van der Waals surface area contributed by atoms with Crippen molar-refractivity contribution in [1.82, 2.24) is 9.80 Å². The zero-order chi connectivity index (χ0) is 17.2. The molecule has 1 aromatic rings. The fourth-order valence-electron chi connectivity index (χ4n) is 3.60. The van der Waals surface area contributed by atoms with Crippen LogP contribution in [0.5, 0.6) is 0 Å². The number of carbonyl (C=O) groups is 2. The van der Waals surface area contributed by atoms with E-state index >= 15 is 0 Å². The van der Waals surface area contributed by atoms with Gasteiger partial charge in [-0.25, -0.2) is 4.39 Å². The second-order valence-corrected chi connectivity index (χ2v) is 6.94. The van der Waals surface area contributed by atoms with Gasteiger partial charge in [-0.15, -0.1) is 0 Å². The van der Waals surface area contributed by atoms with Gasteiger partial charge in [0, 0.05) is 38.5 Å². The highest BCUT2D eigenvalue weighted by Crippen LogP contribution is 2.33. The molecule has 0 saturated carbocycles. The number of likely N-dealkylation sites (tertiary alicyclic amines) is 1. The minimum atomic E-state index is -0.275. The van der Waals surface area contributed by atoms with Gasteiger partial charge in [-0.1, -0.05) is 12.1 Å². The second kappa shape index (κ2) is 6.89. The fourth-order valence-corrected chi connectivity index (χ4v) is 3.60. The molecule has 2 aliphatic rings. The van der Waals surface area contributed by atoms with Crippen molar-refractivity contribution in [2.24, 2.45) is 5.41 Å². The van der Waals surface area contributed by atoms with Crippen LogP contribution in [0.2, 0.25) is 0 Å². The average Bonchev–Trinajstić information content (AvgIpc) is 2.90. The summed E-state index contributed by atoms with van der Waals surface area (Å²) in [6.07, 6.45) is 1.75. The summed E-state index contributed by atoms with van der Waals surface area (Å²) in [5.41, 5.74) is 0.676. The molecule has 0 bridgehead atoms. The van der Waals surface area contributed by atoms with E-state index in [-0.39, 0.29) is 29.7 Å². The van der Waals surface area contributed by atoms with Gasteiger partial charge in [0.2, 0.25) is 11.8 Å². The first-order valence-corrected chi connectivity index (χ1v) is 8.31. The number of rotatable bonds is 3. The van der Waals surface area contributed by atoms with Crippen molar-refractivity contribution in [3.8, 4) is 0 Å². The quantitative estimate of drug-likeness (QED) is 0.841. The van der Waals surface area contributed by atoms with Crippen molar-refractivity contribution in [3.05, 3.63) is 35.6 Å². The lowest BCUT2D eigenvalue weighted by atomic mass is 9.88. The van der Waals surface area contributed by atoms with Crippen molar-refractivity contribution in [3.63, 3.8) is 0 Å². The van der Waals surface area contributed by atoms with Crippen LogP contribution in [-0.4, -0.2) is 61.5 Å². The number of likely N-dealkylation sites (N-methyl/N-ethyl adjacent to an activating group) is 1. The Morgan fingerprint density at radius 2 is 2.21 bits per heavy atom. The third-order valence-corrected chi connectivity index (χ3v) is 4.94. The lowest BCUT2D eigenvalue weighted by Crippen LogP contribution is -2.41. The molecular formula is C18H23FN2O3. The van der Waals surface area contributed by atoms with Gasteiger partial charge in [0.25, 0.3) is 0 Å². The summed E-state index contributed by atoms with van der Waals surface area (Å²) in [7, 11) is 1.78. The van der Waals surface area contributed by atoms with Crippen LogP contribution < -0.4 is 0 Å². The van der Waals surface area contributed by atoms with E-state index in [0.29, 0.717) is 39.1 Å². The second-order valence-electron chi connectivity index (χ2n) is 6.94. The largest absolute Gasteiger partial charge is 0.371 e. The van der Waals surface area contributed by atoms with Gasteiger partial charge in [-0.05, 0) is 30.5 Å². The smallest absolute Gasteiger partial charge is 0.248 e. The van der Waals surface area contributed by atoms with Gasteiger partial charge in [-0.3, -0.25) is 9.59 Å². The zero-order valence-corrected chi connectivity index (χ0v) is 14.0. The van der Waals surface area contributed by atoms with Crippen LogP contribution in [0.25, 0.3) is 0 Å². The maximum atomic E-state index is 13.2. The molecule has 2 saturated heterocycles. The molecule has 0 aliphatic carbocycles. The number of hydrogen-bond acceptors (Lipinski definition) is 3. The van der Waals surface area contributed by atoms with Crippen LogP contribution in [0.3, 0.4) is 0 Å². The average molecular weight is 334 g/mol. The summed E-state index contributed by atoms with van der Waals surface area (Å²) < 4.78 is 18.7. The molecule has 2 amide bonds. The first-order valence-electron chi connectivity index (χ1n) is 8.31. The molecule has 0 aromatic heterocycles. The van der Waals surface area contributed by atoms with Crippen LogP contribution in [0.1, 0.15) is 18.4 Å². The van der Waals surface area contributed by atoms with Crippen molar-refractivity contribution < 1.29 is 18.7 Å². The van der Waals surface area contributed by atoms with Gasteiger partial charge in [0.15, 0.2) is 0 Å². The SMILES string of the molecule is CN1CC2(CCN(C(=O)CCc3cccc(F)c3)C2)COCC1=O. The van der Waals surface area contributed by atoms with Gasteiger partial charge < -0.3 is 14.5 Å². The lowest BCUT2D eigenvalue weighted by Gasteiger charge is -2.29. The molecule has 130 valence electrons. The van der Waals surface area contributed by atoms with E-state index in [4.69, 9.17) is 4.74 Å². The van der Waals surface area contributed by atoms with E-state index < -0.39 is 0 Å². The van der Waals surface area contributed by atoms with E-state index in [0.717, 1.165) is 12.0 Å². The Labute approximate surface area is 141 Å². The van der Waals surface area contributed by atoms with Crippen LogP contribution in [0.4, 0.5) is 4.39 Å². The first kappa shape index (κ1) is 16.9. The van der Waals surface area contributed by atoms with Crippen molar-refractivity contribution in [2.75, 3.05) is 39.9 Å². The summed E-state index contributed by atoms with van der Waals surface area (Å²) in [6.45, 7) is 2.56. The summed E-state index contributed by atoms with van der Waals surface area (Å²) in [5, 5.41) is 0. The first-order chi connectivity index (χ1) is 11.5. The summed E-state index contributed by atoms with van der Waals surface area (Å²) in [4.78, 5) is 27.8. The number of halogens is 1. The molecule has 1 atom stereocenters. The van der Waals surface area contributed by atoms with Crippen LogP contribution in [0.15, 0.2) is 24.3 Å². The molecule has 24 heavy (non-hydrogen) atoms. The van der Waals surface area contributed by atoms with Gasteiger partial charge in [0.1, 0.15) is 12.4 Å². The molecular weight excluding hydrogens is 311 g/mol. The van der Waals surface area contributed by atoms with Crippen molar-refractivity contribution in [2.45, 2.75) is 19.3 Å². The molecule has 6 heteroatoms. The molecule has 1 aromatic carbocycles. The highest BCUT2D eigenvalue weighted by Gasteiger charge is 2.43. The van der Waals surface area contributed by atoms with Gasteiger partial charge in [0.05, 0.1) is 6.61 Å². The minimum absolute atomic E-state index is 0.0113. The minimum Gasteiger partial charge on any atom is -0.371 e. The molecule has 5 nitrogen and oxygen atoms in total. The van der Waals surface area contributed by atoms with Crippen LogP contribution >= 0.6 is 0 Å². The zero-order valence-electron chi connectivity index (χ0n) is 14.0. The molecule has 1 unspecified atom stereocenters. The van der Waals surface area contributed by atoms with E-state index in [1.165, 1.54) is 12.1 Å². The van der Waals surface area contributed by atoms with Crippen LogP contribution in [0, 0.1) is 11.2 Å². The maximum absolute atomic E-state index is 13.2. The Balaban J connectivity index is 1.56. The number of aryl methyl sites for hydroxylation is 1. The normalized spacial score (nSPS) is 24.5. The summed E-state index contributed by atoms with van der Waals surface area (Å²) in [5.74, 6) is -0.208. The van der Waals surface area contributed by atoms with Gasteiger partial charge in [-0.2, -0.15) is 0 Å². The Hall–Kier alpha value is -1.95. The number of hydrogen-bond donors (Lipinski definition) is 0. The standard InChI is InChI=1S/C18H23FN2O3/c1-20-11-18(13-24-10-17(20)23)7-8-21(12-18)16(22)6-5-14-3-2-4-15(19)9-14/h2-4,9H,5-8,10-13H2,1H3. The topological polar surface area (TPSA) is 49.9 Å². The highest BCUT2D eigenvalue weighted by atomic mass is 19.1. The Kier molecular flexibility index (Phi) is 4.85. The molecule has 0 N–H and O–H groups in total.